The predicted octanol–water partition coefficient (Wildman–Crippen LogP) is 15.8. The molecule has 1 nitrogen and oxygen atoms in total. The maximum absolute atomic E-state index is 2.47. The maximum atomic E-state index is 2.47. The topological polar surface area (TPSA) is 3.24 Å². The average Bonchev–Trinajstić information content (AvgIpc) is 3.66. The van der Waals surface area contributed by atoms with Crippen LogP contribution in [0.1, 0.15) is 22.3 Å². The molecule has 2 aliphatic rings. The minimum atomic E-state index is -0.479. The molecule has 10 aromatic carbocycles. The van der Waals surface area contributed by atoms with Crippen molar-refractivity contribution in [2.45, 2.75) is 15.2 Å². The largest absolute Gasteiger partial charge is 0.310 e. The van der Waals surface area contributed by atoms with Crippen LogP contribution < -0.4 is 4.90 Å². The van der Waals surface area contributed by atoms with Crippen molar-refractivity contribution in [3.63, 3.8) is 0 Å². The standard InChI is InChI=1S/C55H33NS2/c1-2-13-37-31-38(25-23-34(37)11-1)56(39-26-29-43-45-28-24-35-12-3-4-16-41(35)54(45)58-51(43)32-39)40-27-30-48-52(33-40)57-50-22-8-7-20-47(50)55(48)46-19-6-5-17-42(46)44-18-9-14-36-15-10-21-49(55)53(36)44/h1-33H. The number of thiophene rings is 1. The molecule has 13 rings (SSSR count). The van der Waals surface area contributed by atoms with E-state index in [1.807, 2.05) is 23.1 Å². The Morgan fingerprint density at radius 3 is 1.91 bits per heavy atom. The fourth-order valence-corrected chi connectivity index (χ4v) is 12.7. The molecule has 1 unspecified atom stereocenters. The first-order chi connectivity index (χ1) is 28.7. The molecule has 1 atom stereocenters. The molecule has 0 radical (unpaired) electrons. The van der Waals surface area contributed by atoms with Gasteiger partial charge < -0.3 is 4.90 Å². The summed E-state index contributed by atoms with van der Waals surface area (Å²) in [6, 6.07) is 75.1. The van der Waals surface area contributed by atoms with Crippen molar-refractivity contribution in [1.82, 2.24) is 0 Å². The molecule has 0 amide bonds. The Bertz CT molecular complexity index is 3520. The van der Waals surface area contributed by atoms with Gasteiger partial charge in [0.2, 0.25) is 0 Å². The summed E-state index contributed by atoms with van der Waals surface area (Å²) in [5.74, 6) is 0. The third kappa shape index (κ3) is 4.43. The summed E-state index contributed by atoms with van der Waals surface area (Å²) in [7, 11) is 0. The highest BCUT2D eigenvalue weighted by Crippen LogP contribution is 2.61. The number of fused-ring (bicyclic) bond motifs is 14. The van der Waals surface area contributed by atoms with E-state index in [0.29, 0.717) is 0 Å². The first-order valence-electron chi connectivity index (χ1n) is 19.9. The minimum Gasteiger partial charge on any atom is -0.310 e. The van der Waals surface area contributed by atoms with Gasteiger partial charge in [0, 0.05) is 47.0 Å². The molecule has 1 aliphatic carbocycles. The zero-order chi connectivity index (χ0) is 38.0. The Labute approximate surface area is 344 Å². The number of hydrogen-bond donors (Lipinski definition) is 0. The van der Waals surface area contributed by atoms with Crippen LogP contribution >= 0.6 is 23.1 Å². The maximum Gasteiger partial charge on any atom is 0.0735 e. The minimum absolute atomic E-state index is 0.479. The second-order valence-corrected chi connectivity index (χ2v) is 17.7. The molecule has 270 valence electrons. The molecule has 0 bridgehead atoms. The predicted molar refractivity (Wildman–Crippen MR) is 248 cm³/mol. The van der Waals surface area contributed by atoms with E-state index in [1.54, 1.807) is 0 Å². The van der Waals surface area contributed by atoms with Gasteiger partial charge >= 0.3 is 0 Å². The molecular weight excluding hydrogens is 739 g/mol. The van der Waals surface area contributed by atoms with Crippen molar-refractivity contribution < 1.29 is 0 Å². The molecule has 0 saturated carbocycles. The Hall–Kier alpha value is -6.65. The Kier molecular flexibility index (Phi) is 6.81. The summed E-state index contributed by atoms with van der Waals surface area (Å²) < 4.78 is 2.64. The normalized spacial score (nSPS) is 15.2. The highest BCUT2D eigenvalue weighted by molar-refractivity contribution is 7.99. The van der Waals surface area contributed by atoms with E-state index >= 15 is 0 Å². The lowest BCUT2D eigenvalue weighted by atomic mass is 9.59. The van der Waals surface area contributed by atoms with Crippen LogP contribution in [0.25, 0.3) is 63.6 Å². The van der Waals surface area contributed by atoms with Crippen LogP contribution in [-0.4, -0.2) is 0 Å². The van der Waals surface area contributed by atoms with Gasteiger partial charge in [-0.3, -0.25) is 0 Å². The van der Waals surface area contributed by atoms with Gasteiger partial charge in [-0.1, -0.05) is 169 Å². The van der Waals surface area contributed by atoms with Crippen LogP contribution in [0.4, 0.5) is 17.1 Å². The molecule has 1 aromatic heterocycles. The van der Waals surface area contributed by atoms with E-state index in [4.69, 9.17) is 0 Å². The van der Waals surface area contributed by atoms with E-state index < -0.39 is 5.41 Å². The fourth-order valence-electron chi connectivity index (χ4n) is 10.2. The zero-order valence-corrected chi connectivity index (χ0v) is 32.9. The highest BCUT2D eigenvalue weighted by Gasteiger charge is 2.48. The Balaban J connectivity index is 1.07. The van der Waals surface area contributed by atoms with Gasteiger partial charge in [0.1, 0.15) is 0 Å². The number of anilines is 3. The van der Waals surface area contributed by atoms with E-state index in [1.165, 1.54) is 95.7 Å². The zero-order valence-electron chi connectivity index (χ0n) is 31.3. The number of rotatable bonds is 3. The van der Waals surface area contributed by atoms with Crippen molar-refractivity contribution in [2.24, 2.45) is 0 Å². The molecule has 11 aromatic rings. The SMILES string of the molecule is c1ccc2c(c1)Sc1cc(N(c3ccc4ccccc4c3)c3ccc4c(c3)sc3c5ccccc5ccc43)ccc1C21c2ccccc2-c2cccc3cccc1c23. The Morgan fingerprint density at radius 2 is 0.983 bits per heavy atom. The van der Waals surface area contributed by atoms with Crippen molar-refractivity contribution in [3.05, 3.63) is 222 Å². The molecule has 0 N–H and O–H groups in total. The first kappa shape index (κ1) is 32.4. The third-order valence-electron chi connectivity index (χ3n) is 12.7. The van der Waals surface area contributed by atoms with Crippen LogP contribution in [0.15, 0.2) is 210 Å². The van der Waals surface area contributed by atoms with Crippen LogP contribution in [0.3, 0.4) is 0 Å². The van der Waals surface area contributed by atoms with Gasteiger partial charge in [-0.2, -0.15) is 0 Å². The van der Waals surface area contributed by atoms with Crippen LogP contribution in [0.2, 0.25) is 0 Å². The van der Waals surface area contributed by atoms with Crippen LogP contribution in [0, 0.1) is 0 Å². The summed E-state index contributed by atoms with van der Waals surface area (Å²) in [6.07, 6.45) is 0. The van der Waals surface area contributed by atoms with Crippen molar-refractivity contribution in [3.8, 4) is 11.1 Å². The second kappa shape index (κ2) is 12.2. The van der Waals surface area contributed by atoms with Crippen molar-refractivity contribution in [2.75, 3.05) is 4.90 Å². The molecule has 0 fully saturated rings. The van der Waals surface area contributed by atoms with Crippen molar-refractivity contribution >= 4 is 92.7 Å². The summed E-state index contributed by atoms with van der Waals surface area (Å²) in [6.45, 7) is 0. The molecule has 0 saturated heterocycles. The number of benzene rings is 10. The van der Waals surface area contributed by atoms with Crippen molar-refractivity contribution in [1.29, 1.82) is 0 Å². The molecule has 3 heteroatoms. The third-order valence-corrected chi connectivity index (χ3v) is 15.0. The van der Waals surface area contributed by atoms with E-state index in [2.05, 4.69) is 205 Å². The summed E-state index contributed by atoms with van der Waals surface area (Å²) in [5, 5.41) is 10.3. The lowest BCUT2D eigenvalue weighted by molar-refractivity contribution is 0.707. The van der Waals surface area contributed by atoms with Gasteiger partial charge in [-0.05, 0) is 108 Å². The van der Waals surface area contributed by atoms with Gasteiger partial charge in [0.05, 0.1) is 5.41 Å². The van der Waals surface area contributed by atoms with Gasteiger partial charge in [0.15, 0.2) is 0 Å². The van der Waals surface area contributed by atoms with E-state index in [0.717, 1.165) is 17.1 Å². The van der Waals surface area contributed by atoms with Gasteiger partial charge in [0.25, 0.3) is 0 Å². The molecular formula is C55H33NS2. The number of hydrogen-bond acceptors (Lipinski definition) is 3. The first-order valence-corrected chi connectivity index (χ1v) is 21.5. The lowest BCUT2D eigenvalue weighted by Crippen LogP contribution is -2.36. The molecule has 2 heterocycles. The van der Waals surface area contributed by atoms with Gasteiger partial charge in [-0.25, -0.2) is 0 Å². The summed E-state index contributed by atoms with van der Waals surface area (Å²) in [5.41, 5.74) is 11.0. The van der Waals surface area contributed by atoms with E-state index in [-0.39, 0.29) is 0 Å². The summed E-state index contributed by atoms with van der Waals surface area (Å²) >= 11 is 3.80. The lowest BCUT2D eigenvalue weighted by Gasteiger charge is -2.46. The molecule has 1 spiro atoms. The monoisotopic (exact) mass is 771 g/mol. The second-order valence-electron chi connectivity index (χ2n) is 15.6. The smallest absolute Gasteiger partial charge is 0.0735 e. The fraction of sp³-hybridized carbons (Fsp3) is 0.0182. The average molecular weight is 772 g/mol. The number of nitrogens with zero attached hydrogens (tertiary/aromatic N) is 1. The molecule has 58 heavy (non-hydrogen) atoms. The quantitative estimate of drug-likeness (QED) is 0.176. The Morgan fingerprint density at radius 1 is 0.362 bits per heavy atom. The summed E-state index contributed by atoms with van der Waals surface area (Å²) in [4.78, 5) is 5.05. The van der Waals surface area contributed by atoms with Crippen LogP contribution in [-0.2, 0) is 5.41 Å². The van der Waals surface area contributed by atoms with Crippen LogP contribution in [0.5, 0.6) is 0 Å². The van der Waals surface area contributed by atoms with Gasteiger partial charge in [-0.15, -0.1) is 11.3 Å². The van der Waals surface area contributed by atoms with E-state index in [9.17, 15) is 0 Å². The highest BCUT2D eigenvalue weighted by atomic mass is 32.2. The molecule has 1 aliphatic heterocycles.